The molecule has 0 fully saturated rings. The summed E-state index contributed by atoms with van der Waals surface area (Å²) in [4.78, 5) is 27.4. The SMILES string of the molecule is COCCOc1ncc(C(=O)O)cc1C(=O)Nc1ccc(OC(F)(F)F)cc1. The monoisotopic (exact) mass is 400 g/mol. The van der Waals surface area contributed by atoms with E-state index in [1.54, 1.807) is 0 Å². The molecule has 0 unspecified atom stereocenters. The lowest BCUT2D eigenvalue weighted by molar-refractivity contribution is -0.274. The smallest absolute Gasteiger partial charge is 0.478 e. The number of aromatic nitrogens is 1. The number of rotatable bonds is 8. The Hall–Kier alpha value is -3.34. The number of nitrogens with one attached hydrogen (secondary N) is 1. The van der Waals surface area contributed by atoms with E-state index in [0.29, 0.717) is 0 Å². The van der Waals surface area contributed by atoms with Gasteiger partial charge in [-0.1, -0.05) is 0 Å². The van der Waals surface area contributed by atoms with Crippen LogP contribution in [0.5, 0.6) is 11.6 Å². The highest BCUT2D eigenvalue weighted by Gasteiger charge is 2.31. The highest BCUT2D eigenvalue weighted by molar-refractivity contribution is 6.07. The van der Waals surface area contributed by atoms with Gasteiger partial charge in [0.25, 0.3) is 5.91 Å². The lowest BCUT2D eigenvalue weighted by atomic mass is 10.1. The summed E-state index contributed by atoms with van der Waals surface area (Å²) < 4.78 is 50.4. The van der Waals surface area contributed by atoms with Crippen molar-refractivity contribution in [3.8, 4) is 11.6 Å². The first-order valence-electron chi connectivity index (χ1n) is 7.72. The van der Waals surface area contributed by atoms with E-state index in [1.165, 1.54) is 19.2 Å². The molecule has 2 rings (SSSR count). The fourth-order valence-electron chi connectivity index (χ4n) is 2.01. The Labute approximate surface area is 156 Å². The molecule has 0 atom stereocenters. The zero-order valence-corrected chi connectivity index (χ0v) is 14.4. The number of aromatic carboxylic acids is 1. The Morgan fingerprint density at radius 1 is 1.18 bits per heavy atom. The Bertz CT molecular complexity index is 840. The average molecular weight is 400 g/mol. The van der Waals surface area contributed by atoms with Crippen LogP contribution in [0, 0.1) is 0 Å². The molecule has 8 nitrogen and oxygen atoms in total. The number of halogens is 3. The number of methoxy groups -OCH3 is 1. The third-order valence-corrected chi connectivity index (χ3v) is 3.21. The molecule has 0 bridgehead atoms. The number of anilines is 1. The maximum absolute atomic E-state index is 12.5. The van der Waals surface area contributed by atoms with Crippen molar-refractivity contribution >= 4 is 17.6 Å². The second-order valence-corrected chi connectivity index (χ2v) is 5.25. The van der Waals surface area contributed by atoms with E-state index < -0.39 is 24.0 Å². The largest absolute Gasteiger partial charge is 0.573 e. The molecule has 1 heterocycles. The van der Waals surface area contributed by atoms with Gasteiger partial charge >= 0.3 is 12.3 Å². The number of carboxylic acids is 1. The molecule has 2 N–H and O–H groups in total. The molecule has 150 valence electrons. The van der Waals surface area contributed by atoms with Crippen LogP contribution in [-0.2, 0) is 4.74 Å². The van der Waals surface area contributed by atoms with E-state index in [1.807, 2.05) is 0 Å². The number of alkyl halides is 3. The molecule has 0 radical (unpaired) electrons. The van der Waals surface area contributed by atoms with Crippen molar-refractivity contribution in [1.29, 1.82) is 0 Å². The van der Waals surface area contributed by atoms with Crippen molar-refractivity contribution in [1.82, 2.24) is 4.98 Å². The molecule has 0 aliphatic carbocycles. The number of amides is 1. The Kier molecular flexibility index (Phi) is 6.77. The summed E-state index contributed by atoms with van der Waals surface area (Å²) in [5.41, 5.74) is -0.243. The second kappa shape index (κ2) is 9.04. The minimum Gasteiger partial charge on any atom is -0.478 e. The fraction of sp³-hybridized carbons (Fsp3) is 0.235. The van der Waals surface area contributed by atoms with Gasteiger partial charge in [-0.15, -0.1) is 13.2 Å². The standard InChI is InChI=1S/C17H15F3N2O6/c1-26-6-7-27-15-13(8-10(9-21-15)16(24)25)14(23)22-11-2-4-12(5-3-11)28-17(18,19)20/h2-5,8-9H,6-7H2,1H3,(H,22,23)(H,24,25). The predicted molar refractivity (Wildman–Crippen MR) is 89.6 cm³/mol. The maximum Gasteiger partial charge on any atom is 0.573 e. The van der Waals surface area contributed by atoms with Crippen LogP contribution in [0.1, 0.15) is 20.7 Å². The lowest BCUT2D eigenvalue weighted by Crippen LogP contribution is -2.18. The van der Waals surface area contributed by atoms with Crippen LogP contribution in [-0.4, -0.2) is 48.7 Å². The van der Waals surface area contributed by atoms with Gasteiger partial charge in [0.2, 0.25) is 5.88 Å². The van der Waals surface area contributed by atoms with Crippen LogP contribution in [0.15, 0.2) is 36.5 Å². The second-order valence-electron chi connectivity index (χ2n) is 5.25. The molecule has 0 saturated heterocycles. The van der Waals surface area contributed by atoms with Crippen molar-refractivity contribution in [2.45, 2.75) is 6.36 Å². The number of pyridine rings is 1. The van der Waals surface area contributed by atoms with E-state index in [2.05, 4.69) is 15.0 Å². The van der Waals surface area contributed by atoms with Gasteiger partial charge in [0.15, 0.2) is 0 Å². The predicted octanol–water partition coefficient (Wildman–Crippen LogP) is 2.96. The van der Waals surface area contributed by atoms with Crippen molar-refractivity contribution in [2.75, 3.05) is 25.6 Å². The highest BCUT2D eigenvalue weighted by atomic mass is 19.4. The van der Waals surface area contributed by atoms with E-state index in [0.717, 1.165) is 24.4 Å². The first-order chi connectivity index (χ1) is 13.2. The topological polar surface area (TPSA) is 107 Å². The fourth-order valence-corrected chi connectivity index (χ4v) is 2.01. The first-order valence-corrected chi connectivity index (χ1v) is 7.72. The average Bonchev–Trinajstić information content (AvgIpc) is 2.62. The van der Waals surface area contributed by atoms with Gasteiger partial charge in [-0.25, -0.2) is 9.78 Å². The molecular formula is C17H15F3N2O6. The first kappa shape index (κ1) is 21.0. The Morgan fingerprint density at radius 3 is 2.43 bits per heavy atom. The number of benzene rings is 1. The minimum atomic E-state index is -4.83. The molecular weight excluding hydrogens is 385 g/mol. The molecule has 0 aliphatic heterocycles. The van der Waals surface area contributed by atoms with Gasteiger partial charge in [0.1, 0.15) is 17.9 Å². The molecule has 0 saturated carbocycles. The van der Waals surface area contributed by atoms with Gasteiger partial charge in [-0.05, 0) is 30.3 Å². The number of carboxylic acid groups (broad SMARTS) is 1. The molecule has 0 spiro atoms. The number of nitrogens with zero attached hydrogens (tertiary/aromatic N) is 1. The zero-order chi connectivity index (χ0) is 20.7. The molecule has 1 aromatic heterocycles. The van der Waals surface area contributed by atoms with Crippen molar-refractivity contribution < 1.29 is 42.1 Å². The summed E-state index contributed by atoms with van der Waals surface area (Å²) in [5.74, 6) is -2.62. The quantitative estimate of drug-likeness (QED) is 0.656. The third-order valence-electron chi connectivity index (χ3n) is 3.21. The Balaban J connectivity index is 2.19. The zero-order valence-electron chi connectivity index (χ0n) is 14.4. The summed E-state index contributed by atoms with van der Waals surface area (Å²) in [5, 5.41) is 11.5. The molecule has 11 heteroatoms. The van der Waals surface area contributed by atoms with E-state index in [-0.39, 0.29) is 35.9 Å². The van der Waals surface area contributed by atoms with Crippen LogP contribution < -0.4 is 14.8 Å². The van der Waals surface area contributed by atoms with Gasteiger partial charge < -0.3 is 24.6 Å². The summed E-state index contributed by atoms with van der Waals surface area (Å²) in [6.07, 6.45) is -3.80. The van der Waals surface area contributed by atoms with Crippen LogP contribution in [0.2, 0.25) is 0 Å². The number of ether oxygens (including phenoxy) is 3. The molecule has 1 amide bonds. The molecule has 1 aromatic carbocycles. The van der Waals surface area contributed by atoms with Gasteiger partial charge in [0, 0.05) is 19.0 Å². The maximum atomic E-state index is 12.5. The highest BCUT2D eigenvalue weighted by Crippen LogP contribution is 2.25. The summed E-state index contributed by atoms with van der Waals surface area (Å²) >= 11 is 0. The van der Waals surface area contributed by atoms with Crippen molar-refractivity contribution in [3.05, 3.63) is 47.7 Å². The van der Waals surface area contributed by atoms with Gasteiger partial charge in [-0.3, -0.25) is 4.79 Å². The van der Waals surface area contributed by atoms with Crippen LogP contribution in [0.4, 0.5) is 18.9 Å². The van der Waals surface area contributed by atoms with Crippen molar-refractivity contribution in [3.63, 3.8) is 0 Å². The van der Waals surface area contributed by atoms with E-state index in [9.17, 15) is 22.8 Å². The van der Waals surface area contributed by atoms with Gasteiger partial charge in [0.05, 0.1) is 12.2 Å². The number of carbonyl (C=O) groups excluding carboxylic acids is 1. The molecule has 0 aliphatic rings. The van der Waals surface area contributed by atoms with Crippen LogP contribution in [0.3, 0.4) is 0 Å². The molecule has 28 heavy (non-hydrogen) atoms. The summed E-state index contributed by atoms with van der Waals surface area (Å²) in [6.45, 7) is 0.282. The normalized spacial score (nSPS) is 11.0. The third kappa shape index (κ3) is 6.13. The lowest BCUT2D eigenvalue weighted by Gasteiger charge is -2.12. The summed E-state index contributed by atoms with van der Waals surface area (Å²) in [6, 6.07) is 5.50. The van der Waals surface area contributed by atoms with E-state index in [4.69, 9.17) is 14.6 Å². The van der Waals surface area contributed by atoms with Crippen LogP contribution >= 0.6 is 0 Å². The number of hydrogen-bond acceptors (Lipinski definition) is 6. The Morgan fingerprint density at radius 2 is 1.86 bits per heavy atom. The van der Waals surface area contributed by atoms with Crippen molar-refractivity contribution in [2.24, 2.45) is 0 Å². The van der Waals surface area contributed by atoms with Crippen LogP contribution in [0.25, 0.3) is 0 Å². The summed E-state index contributed by atoms with van der Waals surface area (Å²) in [7, 11) is 1.45. The number of hydrogen-bond donors (Lipinski definition) is 2. The molecule has 2 aromatic rings. The van der Waals surface area contributed by atoms with Gasteiger partial charge in [-0.2, -0.15) is 0 Å². The minimum absolute atomic E-state index is 0.0691. The number of carbonyl (C=O) groups is 2. The van der Waals surface area contributed by atoms with E-state index >= 15 is 0 Å².